The van der Waals surface area contributed by atoms with Crippen molar-refractivity contribution in [3.8, 4) is 11.5 Å². The highest BCUT2D eigenvalue weighted by molar-refractivity contribution is 5.98. The Balaban J connectivity index is 1.35. The molecule has 6 unspecified atom stereocenters. The number of hydrogen-bond acceptors (Lipinski definition) is 6. The highest BCUT2D eigenvalue weighted by atomic mass is 16.5. The molecule has 2 aromatic rings. The summed E-state index contributed by atoms with van der Waals surface area (Å²) in [5.74, 6) is 0.947. The van der Waals surface area contributed by atoms with E-state index in [0.717, 1.165) is 65.5 Å². The van der Waals surface area contributed by atoms with Crippen molar-refractivity contribution in [3.05, 3.63) is 65.8 Å². The second-order valence-electron chi connectivity index (χ2n) is 19.6. The Labute approximate surface area is 342 Å². The van der Waals surface area contributed by atoms with Crippen LogP contribution in [0.15, 0.2) is 54.6 Å². The van der Waals surface area contributed by atoms with Crippen LogP contribution in [0.25, 0.3) is 16.3 Å². The summed E-state index contributed by atoms with van der Waals surface area (Å²) in [7, 11) is 0. The molecule has 308 valence electrons. The van der Waals surface area contributed by atoms with Gasteiger partial charge in [-0.15, -0.1) is 6.58 Å². The van der Waals surface area contributed by atoms with E-state index < -0.39 is 34.7 Å². The smallest absolute Gasteiger partial charge is 0.140 e. The Hall–Kier alpha value is -3.80. The zero-order chi connectivity index (χ0) is 41.2. The number of rotatable bonds is 19. The van der Waals surface area contributed by atoms with Crippen molar-refractivity contribution in [2.45, 2.75) is 145 Å². The van der Waals surface area contributed by atoms with Gasteiger partial charge in [-0.2, -0.15) is 0 Å². The first kappa shape index (κ1) is 42.8. The molecule has 0 aliphatic heterocycles. The van der Waals surface area contributed by atoms with E-state index in [4.69, 9.17) is 9.47 Å². The second kappa shape index (κ2) is 17.6. The quantitative estimate of drug-likeness (QED) is 0.132. The van der Waals surface area contributed by atoms with Gasteiger partial charge in [-0.1, -0.05) is 91.0 Å². The second-order valence-corrected chi connectivity index (χ2v) is 19.6. The predicted octanol–water partition coefficient (Wildman–Crippen LogP) is 12.0. The van der Waals surface area contributed by atoms with Gasteiger partial charge in [0, 0.05) is 47.8 Å². The van der Waals surface area contributed by atoms with Gasteiger partial charge in [-0.25, -0.2) is 0 Å². The third-order valence-electron chi connectivity index (χ3n) is 13.7. The lowest BCUT2D eigenvalue weighted by Crippen LogP contribution is -2.38. The van der Waals surface area contributed by atoms with Crippen LogP contribution in [-0.2, 0) is 19.2 Å². The van der Waals surface area contributed by atoms with Crippen molar-refractivity contribution in [2.75, 3.05) is 6.61 Å². The van der Waals surface area contributed by atoms with Gasteiger partial charge < -0.3 is 9.47 Å². The molecular weight excluding hydrogens is 709 g/mol. The lowest BCUT2D eigenvalue weighted by molar-refractivity contribution is -0.139. The summed E-state index contributed by atoms with van der Waals surface area (Å²) in [6.45, 7) is 21.0. The van der Waals surface area contributed by atoms with Crippen LogP contribution in [0.4, 0.5) is 0 Å². The molecule has 4 aliphatic carbocycles. The molecule has 4 aliphatic rings. The van der Waals surface area contributed by atoms with Crippen LogP contribution in [0.5, 0.6) is 11.5 Å². The Morgan fingerprint density at radius 2 is 1.72 bits per heavy atom. The summed E-state index contributed by atoms with van der Waals surface area (Å²) in [5.41, 5.74) is 3.53. The molecule has 0 amide bonds. The highest BCUT2D eigenvalue weighted by Crippen LogP contribution is 2.58. The summed E-state index contributed by atoms with van der Waals surface area (Å²) < 4.78 is 13.2. The van der Waals surface area contributed by atoms with Crippen LogP contribution in [0, 0.1) is 53.3 Å². The van der Waals surface area contributed by atoms with Gasteiger partial charge in [0.25, 0.3) is 0 Å². The van der Waals surface area contributed by atoms with Crippen molar-refractivity contribution < 1.29 is 28.7 Å². The molecule has 3 fully saturated rings. The minimum absolute atomic E-state index is 0.00672. The maximum Gasteiger partial charge on any atom is 0.140 e. The first-order chi connectivity index (χ1) is 27.0. The summed E-state index contributed by atoms with van der Waals surface area (Å²) >= 11 is 0. The van der Waals surface area contributed by atoms with E-state index in [1.54, 1.807) is 13.0 Å². The largest absolute Gasteiger partial charge is 0.493 e. The van der Waals surface area contributed by atoms with Crippen LogP contribution in [0.1, 0.15) is 143 Å². The number of fused-ring (bicyclic) bond motifs is 1. The van der Waals surface area contributed by atoms with Crippen molar-refractivity contribution in [2.24, 2.45) is 46.3 Å². The van der Waals surface area contributed by atoms with Crippen LogP contribution >= 0.6 is 0 Å². The number of hydrogen-bond donors (Lipinski definition) is 0. The third-order valence-corrected chi connectivity index (χ3v) is 13.7. The first-order valence-electron chi connectivity index (χ1n) is 22.0. The van der Waals surface area contributed by atoms with Crippen molar-refractivity contribution in [1.29, 1.82) is 0 Å². The summed E-state index contributed by atoms with van der Waals surface area (Å²) in [6, 6.07) is 8.46. The number of ketones is 4. The van der Waals surface area contributed by atoms with E-state index in [1.807, 2.05) is 26.8 Å². The molecule has 0 radical (unpaired) electrons. The zero-order valence-electron chi connectivity index (χ0n) is 36.1. The minimum Gasteiger partial charge on any atom is -0.493 e. The lowest BCUT2D eigenvalue weighted by atomic mass is 9.69. The Morgan fingerprint density at radius 3 is 2.35 bits per heavy atom. The standard InChI is InChI=1S/C51H68O6/c1-10-20-56-47-19-18-41-42(32(47)5)24-37(36-17-16-35(22-36)21-31(3)4)25-48(41)57-40-27-43(46(54)30-51(33(6)52)29-38(51)11-2)44(28-40)49(55)45(50(7,8)9)26-39(53)23-34-14-12-13-15-34/h11,17-19,22,24-25,31,34,38,40,43-45H,2,10,12-16,20-21,23,26-30H2,1,3-9H3. The maximum atomic E-state index is 15.0. The van der Waals surface area contributed by atoms with Gasteiger partial charge in [-0.05, 0) is 122 Å². The number of benzene rings is 2. The number of carbonyl (C=O) groups excluding carboxylic acids is 4. The van der Waals surface area contributed by atoms with E-state index in [0.29, 0.717) is 44.1 Å². The lowest BCUT2D eigenvalue weighted by Gasteiger charge is -2.33. The molecule has 0 spiro atoms. The molecular formula is C51H68O6. The van der Waals surface area contributed by atoms with E-state index >= 15 is 0 Å². The summed E-state index contributed by atoms with van der Waals surface area (Å²) in [6.07, 6.45) is 15.6. The molecule has 0 bridgehead atoms. The molecule has 0 saturated heterocycles. The number of aryl methyl sites for hydroxylation is 1. The van der Waals surface area contributed by atoms with Gasteiger partial charge in [-0.3, -0.25) is 19.2 Å². The Bertz CT molecular complexity index is 1930. The summed E-state index contributed by atoms with van der Waals surface area (Å²) in [4.78, 5) is 56.0. The summed E-state index contributed by atoms with van der Waals surface area (Å²) in [5, 5.41) is 2.03. The van der Waals surface area contributed by atoms with Crippen LogP contribution < -0.4 is 9.47 Å². The van der Waals surface area contributed by atoms with Crippen LogP contribution in [0.3, 0.4) is 0 Å². The van der Waals surface area contributed by atoms with Crippen molar-refractivity contribution in [3.63, 3.8) is 0 Å². The highest BCUT2D eigenvalue weighted by Gasteiger charge is 2.59. The number of Topliss-reactive ketones (excluding diaryl/α,β-unsaturated/α-hetero) is 4. The molecule has 6 rings (SSSR count). The predicted molar refractivity (Wildman–Crippen MR) is 230 cm³/mol. The van der Waals surface area contributed by atoms with Crippen molar-refractivity contribution >= 4 is 39.5 Å². The average Bonchev–Trinajstić information content (AvgIpc) is 3.56. The fourth-order valence-electron chi connectivity index (χ4n) is 10.3. The van der Waals surface area contributed by atoms with E-state index in [1.165, 1.54) is 24.0 Å². The molecule has 0 N–H and O–H groups in total. The van der Waals surface area contributed by atoms with Gasteiger partial charge in [0.2, 0.25) is 0 Å². The molecule has 6 atom stereocenters. The molecule has 6 nitrogen and oxygen atoms in total. The molecule has 2 aromatic carbocycles. The van der Waals surface area contributed by atoms with E-state index in [9.17, 15) is 19.2 Å². The van der Waals surface area contributed by atoms with Crippen LogP contribution in [0.2, 0.25) is 0 Å². The first-order valence-corrected chi connectivity index (χ1v) is 22.0. The molecule has 3 saturated carbocycles. The maximum absolute atomic E-state index is 15.0. The van der Waals surface area contributed by atoms with Crippen molar-refractivity contribution in [1.82, 2.24) is 0 Å². The monoisotopic (exact) mass is 777 g/mol. The van der Waals surface area contributed by atoms with Gasteiger partial charge in [0.1, 0.15) is 40.7 Å². The molecule has 0 heterocycles. The van der Waals surface area contributed by atoms with Gasteiger partial charge in [0.15, 0.2) is 0 Å². The SMILES string of the molecule is C=CC1CC1(CC(=O)C1CC(Oc2cc(C3=CCC(CC(C)C)=C3)cc3c(C)c(OCCC)ccc23)CC1C(=O)C(CC(=O)CC1CCCC1)C(C)(C)C)C(C)=O. The Kier molecular flexibility index (Phi) is 13.2. The van der Waals surface area contributed by atoms with E-state index in [-0.39, 0.29) is 41.9 Å². The Morgan fingerprint density at radius 1 is 1.00 bits per heavy atom. The van der Waals surface area contributed by atoms with Gasteiger partial charge >= 0.3 is 0 Å². The molecule has 0 aromatic heterocycles. The van der Waals surface area contributed by atoms with Crippen LogP contribution in [-0.4, -0.2) is 35.8 Å². The minimum atomic E-state index is -0.734. The normalized spacial score (nSPS) is 25.4. The number of allylic oxidation sites excluding steroid dienone is 5. The average molecular weight is 777 g/mol. The van der Waals surface area contributed by atoms with E-state index in [2.05, 4.69) is 64.6 Å². The fraction of sp³-hybridized carbons (Fsp3) is 0.608. The zero-order valence-corrected chi connectivity index (χ0v) is 36.1. The molecule has 6 heteroatoms. The number of ether oxygens (including phenoxy) is 2. The molecule has 57 heavy (non-hydrogen) atoms. The fourth-order valence-corrected chi connectivity index (χ4v) is 10.3. The number of carbonyl (C=O) groups is 4. The van der Waals surface area contributed by atoms with Gasteiger partial charge in [0.05, 0.1) is 6.61 Å². The topological polar surface area (TPSA) is 86.7 Å². The third kappa shape index (κ3) is 9.58.